The molecule has 2 aliphatic rings. The zero-order valence-corrected chi connectivity index (χ0v) is 17.0. The monoisotopic (exact) mass is 398 g/mol. The Kier molecular flexibility index (Phi) is 5.15. The Morgan fingerprint density at radius 3 is 2.64 bits per heavy atom. The maximum absolute atomic E-state index is 13.4. The van der Waals surface area contributed by atoms with E-state index in [1.807, 2.05) is 29.2 Å². The number of aryl methyl sites for hydroxylation is 1. The third-order valence-corrected chi connectivity index (χ3v) is 7.61. The smallest absolute Gasteiger partial charge is 0.264 e. The summed E-state index contributed by atoms with van der Waals surface area (Å²) >= 11 is 0. The van der Waals surface area contributed by atoms with Gasteiger partial charge in [0.1, 0.15) is 0 Å². The Morgan fingerprint density at radius 1 is 1.00 bits per heavy atom. The molecule has 0 aliphatic carbocycles. The average Bonchev–Trinajstić information content (AvgIpc) is 2.73. The molecule has 1 atom stereocenters. The minimum atomic E-state index is -3.71. The number of para-hydroxylation sites is 1. The van der Waals surface area contributed by atoms with Crippen LogP contribution in [0.25, 0.3) is 0 Å². The summed E-state index contributed by atoms with van der Waals surface area (Å²) in [5.74, 6) is -0.0803. The Hall–Kier alpha value is -2.34. The molecule has 0 N–H and O–H groups in total. The fourth-order valence-electron chi connectivity index (χ4n) is 4.23. The van der Waals surface area contributed by atoms with Gasteiger partial charge in [0.2, 0.25) is 0 Å². The van der Waals surface area contributed by atoms with E-state index in [0.29, 0.717) is 12.1 Å². The molecule has 1 saturated heterocycles. The summed E-state index contributed by atoms with van der Waals surface area (Å²) in [5, 5.41) is 0. The van der Waals surface area contributed by atoms with E-state index in [-0.39, 0.29) is 16.8 Å². The third-order valence-electron chi connectivity index (χ3n) is 5.80. The van der Waals surface area contributed by atoms with Crippen molar-refractivity contribution in [3.8, 4) is 0 Å². The van der Waals surface area contributed by atoms with Gasteiger partial charge in [0.15, 0.2) is 0 Å². The molecule has 2 aromatic carbocycles. The summed E-state index contributed by atoms with van der Waals surface area (Å²) in [6.07, 6.45) is 4.80. The fourth-order valence-corrected chi connectivity index (χ4v) is 5.82. The molecule has 1 amide bonds. The van der Waals surface area contributed by atoms with Crippen molar-refractivity contribution >= 4 is 21.6 Å². The number of piperidine rings is 1. The van der Waals surface area contributed by atoms with Crippen molar-refractivity contribution in [1.82, 2.24) is 4.90 Å². The van der Waals surface area contributed by atoms with Crippen LogP contribution in [0.4, 0.5) is 5.69 Å². The largest absolute Gasteiger partial charge is 0.336 e. The van der Waals surface area contributed by atoms with Gasteiger partial charge in [-0.1, -0.05) is 24.3 Å². The number of amides is 1. The average molecular weight is 399 g/mol. The molecular weight excluding hydrogens is 372 g/mol. The van der Waals surface area contributed by atoms with Crippen molar-refractivity contribution in [2.75, 3.05) is 17.4 Å². The predicted molar refractivity (Wildman–Crippen MR) is 110 cm³/mol. The van der Waals surface area contributed by atoms with Gasteiger partial charge in [-0.15, -0.1) is 0 Å². The van der Waals surface area contributed by atoms with Crippen LogP contribution in [0.3, 0.4) is 0 Å². The number of benzene rings is 2. The second-order valence-corrected chi connectivity index (χ2v) is 9.54. The summed E-state index contributed by atoms with van der Waals surface area (Å²) in [4.78, 5) is 15.0. The van der Waals surface area contributed by atoms with Gasteiger partial charge >= 0.3 is 0 Å². The topological polar surface area (TPSA) is 57.7 Å². The van der Waals surface area contributed by atoms with E-state index >= 15 is 0 Å². The number of carbonyl (C=O) groups excluding carboxylic acids is 1. The summed E-state index contributed by atoms with van der Waals surface area (Å²) in [7, 11) is -3.71. The van der Waals surface area contributed by atoms with E-state index in [1.54, 1.807) is 18.2 Å². The Balaban J connectivity index is 1.67. The lowest BCUT2D eigenvalue weighted by molar-refractivity contribution is 0.0635. The normalized spacial score (nSPS) is 20.0. The van der Waals surface area contributed by atoms with Gasteiger partial charge in [-0.2, -0.15) is 0 Å². The molecule has 28 heavy (non-hydrogen) atoms. The van der Waals surface area contributed by atoms with Gasteiger partial charge in [0, 0.05) is 24.7 Å². The van der Waals surface area contributed by atoms with Crippen LogP contribution in [0.15, 0.2) is 53.4 Å². The lowest BCUT2D eigenvalue weighted by atomic mass is 10.0. The molecule has 0 spiro atoms. The van der Waals surface area contributed by atoms with Crippen molar-refractivity contribution in [2.24, 2.45) is 0 Å². The van der Waals surface area contributed by atoms with E-state index in [1.165, 1.54) is 10.4 Å². The number of nitrogens with zero attached hydrogens (tertiary/aromatic N) is 2. The molecule has 148 valence electrons. The van der Waals surface area contributed by atoms with Gasteiger partial charge in [-0.25, -0.2) is 8.42 Å². The predicted octanol–water partition coefficient (Wildman–Crippen LogP) is 3.84. The maximum Gasteiger partial charge on any atom is 0.264 e. The molecule has 2 heterocycles. The minimum absolute atomic E-state index is 0.0803. The standard InChI is InChI=1S/C22H26N2O3S/c1-17-8-4-5-14-23(17)22(25)19-10-6-12-20(16-19)28(26,27)24-15-7-11-18-9-2-3-13-21(18)24/h2-3,6,9-10,12-13,16-17H,4-5,7-8,11,14-15H2,1H3. The van der Waals surface area contributed by atoms with Crippen LogP contribution >= 0.6 is 0 Å². The van der Waals surface area contributed by atoms with Crippen LogP contribution in [0.5, 0.6) is 0 Å². The van der Waals surface area contributed by atoms with Gasteiger partial charge < -0.3 is 4.90 Å². The second-order valence-electron chi connectivity index (χ2n) is 7.68. The summed E-state index contributed by atoms with van der Waals surface area (Å²) < 4.78 is 28.2. The van der Waals surface area contributed by atoms with E-state index < -0.39 is 10.0 Å². The van der Waals surface area contributed by atoms with E-state index in [4.69, 9.17) is 0 Å². The number of carbonyl (C=O) groups is 1. The highest BCUT2D eigenvalue weighted by Gasteiger charge is 2.30. The molecule has 4 rings (SSSR count). The van der Waals surface area contributed by atoms with Gasteiger partial charge in [-0.3, -0.25) is 9.10 Å². The van der Waals surface area contributed by atoms with Crippen molar-refractivity contribution < 1.29 is 13.2 Å². The van der Waals surface area contributed by atoms with Gasteiger partial charge in [0.25, 0.3) is 15.9 Å². The summed E-state index contributed by atoms with van der Waals surface area (Å²) in [5.41, 5.74) is 2.24. The fraction of sp³-hybridized carbons (Fsp3) is 0.409. The number of rotatable bonds is 3. The van der Waals surface area contributed by atoms with Crippen LogP contribution < -0.4 is 4.31 Å². The lowest BCUT2D eigenvalue weighted by Crippen LogP contribution is -2.42. The number of hydrogen-bond donors (Lipinski definition) is 0. The number of likely N-dealkylation sites (tertiary alicyclic amines) is 1. The molecule has 1 fully saturated rings. The van der Waals surface area contributed by atoms with Crippen molar-refractivity contribution in [3.63, 3.8) is 0 Å². The van der Waals surface area contributed by atoms with Crippen LogP contribution in [-0.4, -0.2) is 38.4 Å². The number of anilines is 1. The van der Waals surface area contributed by atoms with E-state index in [0.717, 1.165) is 49.9 Å². The third kappa shape index (κ3) is 3.41. The van der Waals surface area contributed by atoms with Crippen LogP contribution in [0, 0.1) is 0 Å². The van der Waals surface area contributed by atoms with Crippen LogP contribution in [0.1, 0.15) is 48.5 Å². The highest BCUT2D eigenvalue weighted by Crippen LogP contribution is 2.32. The summed E-state index contributed by atoms with van der Waals surface area (Å²) in [6, 6.07) is 14.3. The summed E-state index contributed by atoms with van der Waals surface area (Å²) in [6.45, 7) is 3.25. The van der Waals surface area contributed by atoms with E-state index in [9.17, 15) is 13.2 Å². The van der Waals surface area contributed by atoms with Crippen molar-refractivity contribution in [3.05, 3.63) is 59.7 Å². The SMILES string of the molecule is CC1CCCCN1C(=O)c1cccc(S(=O)(=O)N2CCCc3ccccc32)c1. The Bertz CT molecular complexity index is 987. The first kappa shape index (κ1) is 19.0. The molecule has 0 radical (unpaired) electrons. The Morgan fingerprint density at radius 2 is 1.82 bits per heavy atom. The lowest BCUT2D eigenvalue weighted by Gasteiger charge is -2.33. The van der Waals surface area contributed by atoms with Gasteiger partial charge in [0.05, 0.1) is 10.6 Å². The first-order valence-electron chi connectivity index (χ1n) is 10.00. The highest BCUT2D eigenvalue weighted by atomic mass is 32.2. The molecule has 0 bridgehead atoms. The van der Waals surface area contributed by atoms with Gasteiger partial charge in [-0.05, 0) is 68.9 Å². The number of hydrogen-bond acceptors (Lipinski definition) is 3. The molecule has 6 heteroatoms. The van der Waals surface area contributed by atoms with Crippen LogP contribution in [0.2, 0.25) is 0 Å². The first-order valence-corrected chi connectivity index (χ1v) is 11.4. The van der Waals surface area contributed by atoms with Crippen molar-refractivity contribution in [1.29, 1.82) is 0 Å². The maximum atomic E-state index is 13.4. The second kappa shape index (κ2) is 7.59. The minimum Gasteiger partial charge on any atom is -0.336 e. The van der Waals surface area contributed by atoms with Crippen LogP contribution in [-0.2, 0) is 16.4 Å². The molecule has 0 aromatic heterocycles. The molecule has 2 aromatic rings. The van der Waals surface area contributed by atoms with Crippen molar-refractivity contribution in [2.45, 2.75) is 50.0 Å². The molecule has 1 unspecified atom stereocenters. The quantitative estimate of drug-likeness (QED) is 0.789. The number of fused-ring (bicyclic) bond motifs is 1. The number of sulfonamides is 1. The molecule has 0 saturated carbocycles. The molecule has 2 aliphatic heterocycles. The van der Waals surface area contributed by atoms with E-state index in [2.05, 4.69) is 6.92 Å². The zero-order chi connectivity index (χ0) is 19.7. The Labute approximate surface area is 167 Å². The highest BCUT2D eigenvalue weighted by molar-refractivity contribution is 7.92. The first-order chi connectivity index (χ1) is 13.5. The molecular formula is C22H26N2O3S. The zero-order valence-electron chi connectivity index (χ0n) is 16.2. The molecule has 5 nitrogen and oxygen atoms in total.